The average molecular weight is 290 g/mol. The van der Waals surface area contributed by atoms with Gasteiger partial charge < -0.3 is 15.7 Å². The van der Waals surface area contributed by atoms with E-state index in [-0.39, 0.29) is 6.54 Å². The van der Waals surface area contributed by atoms with Crippen molar-refractivity contribution < 1.29 is 5.11 Å². The molecule has 3 heteroatoms. The summed E-state index contributed by atoms with van der Waals surface area (Å²) in [5.41, 5.74) is 6.35. The summed E-state index contributed by atoms with van der Waals surface area (Å²) in [5.74, 6) is 0. The number of hydrogen-bond acceptors (Lipinski definition) is 3. The first kappa shape index (κ1) is 16.5. The summed E-state index contributed by atoms with van der Waals surface area (Å²) in [6, 6.07) is 9.84. The maximum atomic E-state index is 10.8. The quantitative estimate of drug-likeness (QED) is 0.876. The van der Waals surface area contributed by atoms with Gasteiger partial charge in [-0.05, 0) is 49.8 Å². The van der Waals surface area contributed by atoms with Crippen molar-refractivity contribution >= 4 is 0 Å². The molecule has 0 aromatic heterocycles. The Kier molecular flexibility index (Phi) is 5.42. The van der Waals surface area contributed by atoms with Crippen LogP contribution in [0.15, 0.2) is 30.3 Å². The SMILES string of the molecule is CC1(C)CCCN(CCC(O)(CN)c2ccccc2)CC1. The van der Waals surface area contributed by atoms with Crippen LogP contribution >= 0.6 is 0 Å². The lowest BCUT2D eigenvalue weighted by atomic mass is 9.85. The second-order valence-corrected chi connectivity index (χ2v) is 7.21. The molecule has 1 aromatic carbocycles. The van der Waals surface area contributed by atoms with Gasteiger partial charge >= 0.3 is 0 Å². The van der Waals surface area contributed by atoms with Gasteiger partial charge in [-0.1, -0.05) is 44.2 Å². The van der Waals surface area contributed by atoms with Gasteiger partial charge in [-0.2, -0.15) is 0 Å². The first-order valence-corrected chi connectivity index (χ1v) is 8.16. The molecule has 1 heterocycles. The molecule has 1 aliphatic heterocycles. The minimum atomic E-state index is -0.900. The lowest BCUT2D eigenvalue weighted by Crippen LogP contribution is -2.39. The van der Waals surface area contributed by atoms with Crippen LogP contribution < -0.4 is 5.73 Å². The fourth-order valence-corrected chi connectivity index (χ4v) is 3.16. The van der Waals surface area contributed by atoms with Crippen molar-refractivity contribution in [2.75, 3.05) is 26.2 Å². The van der Waals surface area contributed by atoms with Crippen LogP contribution in [0, 0.1) is 5.41 Å². The van der Waals surface area contributed by atoms with Gasteiger partial charge in [0.1, 0.15) is 5.60 Å². The number of aliphatic hydroxyl groups is 1. The minimum absolute atomic E-state index is 0.274. The van der Waals surface area contributed by atoms with Crippen LogP contribution in [0.25, 0.3) is 0 Å². The number of hydrogen-bond donors (Lipinski definition) is 2. The zero-order valence-corrected chi connectivity index (χ0v) is 13.5. The minimum Gasteiger partial charge on any atom is -0.384 e. The third-order valence-corrected chi connectivity index (χ3v) is 4.92. The molecule has 0 aliphatic carbocycles. The first-order chi connectivity index (χ1) is 9.95. The van der Waals surface area contributed by atoms with Crippen molar-refractivity contribution in [2.24, 2.45) is 11.1 Å². The fourth-order valence-electron chi connectivity index (χ4n) is 3.16. The molecule has 1 fully saturated rings. The van der Waals surface area contributed by atoms with E-state index in [0.29, 0.717) is 11.8 Å². The van der Waals surface area contributed by atoms with Crippen LogP contribution in [0.5, 0.6) is 0 Å². The van der Waals surface area contributed by atoms with Crippen LogP contribution in [-0.4, -0.2) is 36.2 Å². The zero-order chi connectivity index (χ0) is 15.3. The van der Waals surface area contributed by atoms with Gasteiger partial charge in [0.25, 0.3) is 0 Å². The molecule has 1 unspecified atom stereocenters. The van der Waals surface area contributed by atoms with E-state index in [9.17, 15) is 5.11 Å². The molecule has 1 atom stereocenters. The fraction of sp³-hybridized carbons (Fsp3) is 0.667. The van der Waals surface area contributed by atoms with Crippen molar-refractivity contribution in [1.29, 1.82) is 0 Å². The van der Waals surface area contributed by atoms with Crippen LogP contribution in [0.2, 0.25) is 0 Å². The van der Waals surface area contributed by atoms with Gasteiger partial charge in [-0.15, -0.1) is 0 Å². The molecule has 0 amide bonds. The molecule has 0 spiro atoms. The Morgan fingerprint density at radius 2 is 1.90 bits per heavy atom. The molecule has 1 aromatic rings. The monoisotopic (exact) mass is 290 g/mol. The molecule has 21 heavy (non-hydrogen) atoms. The first-order valence-electron chi connectivity index (χ1n) is 8.16. The molecule has 2 rings (SSSR count). The molecule has 0 radical (unpaired) electrons. The van der Waals surface area contributed by atoms with Crippen LogP contribution in [0.4, 0.5) is 0 Å². The van der Waals surface area contributed by atoms with E-state index in [1.807, 2.05) is 30.3 Å². The summed E-state index contributed by atoms with van der Waals surface area (Å²) in [6.07, 6.45) is 4.48. The van der Waals surface area contributed by atoms with Gasteiger partial charge in [0.05, 0.1) is 0 Å². The van der Waals surface area contributed by atoms with E-state index < -0.39 is 5.60 Å². The Hall–Kier alpha value is -0.900. The van der Waals surface area contributed by atoms with Crippen LogP contribution in [0.1, 0.15) is 45.1 Å². The average Bonchev–Trinajstić information content (AvgIpc) is 2.66. The predicted octanol–water partition coefficient (Wildman–Crippen LogP) is 2.74. The molecule has 1 aliphatic rings. The molecular weight excluding hydrogens is 260 g/mol. The second kappa shape index (κ2) is 6.91. The Morgan fingerprint density at radius 1 is 1.19 bits per heavy atom. The summed E-state index contributed by atoms with van der Waals surface area (Å²) < 4.78 is 0. The van der Waals surface area contributed by atoms with Crippen molar-refractivity contribution in [2.45, 2.75) is 45.1 Å². The highest BCUT2D eigenvalue weighted by atomic mass is 16.3. The normalized spacial score (nSPS) is 22.5. The van der Waals surface area contributed by atoms with Gasteiger partial charge in [-0.3, -0.25) is 0 Å². The maximum Gasteiger partial charge on any atom is 0.103 e. The van der Waals surface area contributed by atoms with E-state index in [1.54, 1.807) is 0 Å². The summed E-state index contributed by atoms with van der Waals surface area (Å²) in [7, 11) is 0. The predicted molar refractivity (Wildman–Crippen MR) is 88.1 cm³/mol. The molecule has 1 saturated heterocycles. The molecule has 118 valence electrons. The van der Waals surface area contributed by atoms with Crippen molar-refractivity contribution in [3.63, 3.8) is 0 Å². The molecule has 0 saturated carbocycles. The lowest BCUT2D eigenvalue weighted by Gasteiger charge is -2.30. The Balaban J connectivity index is 1.94. The maximum absolute atomic E-state index is 10.8. The summed E-state index contributed by atoms with van der Waals surface area (Å²) in [4.78, 5) is 2.48. The van der Waals surface area contributed by atoms with E-state index in [1.165, 1.54) is 19.3 Å². The van der Waals surface area contributed by atoms with Crippen LogP contribution in [0.3, 0.4) is 0 Å². The highest BCUT2D eigenvalue weighted by molar-refractivity contribution is 5.22. The topological polar surface area (TPSA) is 49.5 Å². The summed E-state index contributed by atoms with van der Waals surface area (Å²) in [5, 5.41) is 10.8. The highest BCUT2D eigenvalue weighted by Gasteiger charge is 2.29. The van der Waals surface area contributed by atoms with Crippen LogP contribution in [-0.2, 0) is 5.60 Å². The van der Waals surface area contributed by atoms with Crippen molar-refractivity contribution in [3.8, 4) is 0 Å². The number of rotatable bonds is 5. The Labute approximate surface area is 129 Å². The number of nitrogens with zero attached hydrogens (tertiary/aromatic N) is 1. The standard InChI is InChI=1S/C18H30N2O/c1-17(2)9-6-12-20(13-10-17)14-11-18(21,15-19)16-7-4-3-5-8-16/h3-5,7-8,21H,6,9-15,19H2,1-2H3. The van der Waals surface area contributed by atoms with E-state index in [0.717, 1.165) is 25.2 Å². The van der Waals surface area contributed by atoms with E-state index in [4.69, 9.17) is 5.73 Å². The van der Waals surface area contributed by atoms with Gasteiger partial charge in [-0.25, -0.2) is 0 Å². The summed E-state index contributed by atoms with van der Waals surface area (Å²) >= 11 is 0. The van der Waals surface area contributed by atoms with Gasteiger partial charge in [0.15, 0.2) is 0 Å². The van der Waals surface area contributed by atoms with Crippen molar-refractivity contribution in [3.05, 3.63) is 35.9 Å². The lowest BCUT2D eigenvalue weighted by molar-refractivity contribution is 0.0258. The molecule has 0 bridgehead atoms. The number of benzene rings is 1. The highest BCUT2D eigenvalue weighted by Crippen LogP contribution is 2.30. The van der Waals surface area contributed by atoms with E-state index >= 15 is 0 Å². The number of nitrogens with two attached hydrogens (primary N) is 1. The zero-order valence-electron chi connectivity index (χ0n) is 13.5. The largest absolute Gasteiger partial charge is 0.384 e. The summed E-state index contributed by atoms with van der Waals surface area (Å²) in [6.45, 7) is 8.17. The smallest absolute Gasteiger partial charge is 0.103 e. The molecule has 3 nitrogen and oxygen atoms in total. The van der Waals surface area contributed by atoms with Gasteiger partial charge in [0, 0.05) is 13.1 Å². The second-order valence-electron chi connectivity index (χ2n) is 7.21. The third kappa shape index (κ3) is 4.53. The Bertz CT molecular complexity index is 432. The number of likely N-dealkylation sites (tertiary alicyclic amines) is 1. The third-order valence-electron chi connectivity index (χ3n) is 4.92. The Morgan fingerprint density at radius 3 is 2.57 bits per heavy atom. The van der Waals surface area contributed by atoms with Crippen molar-refractivity contribution in [1.82, 2.24) is 4.90 Å². The molecule has 3 N–H and O–H groups in total. The van der Waals surface area contributed by atoms with Gasteiger partial charge in [0.2, 0.25) is 0 Å². The van der Waals surface area contributed by atoms with E-state index in [2.05, 4.69) is 18.7 Å². The molecular formula is C18H30N2O.